The summed E-state index contributed by atoms with van der Waals surface area (Å²) in [6, 6.07) is 21.8. The predicted octanol–water partition coefficient (Wildman–Crippen LogP) is 4.90. The minimum absolute atomic E-state index is 0.0667. The van der Waals surface area contributed by atoms with Gasteiger partial charge in [-0.3, -0.25) is 9.36 Å². The maximum absolute atomic E-state index is 14.0. The van der Waals surface area contributed by atoms with Crippen LogP contribution >= 0.6 is 11.3 Å². The number of thiazole rings is 1. The molecule has 2 heterocycles. The van der Waals surface area contributed by atoms with Gasteiger partial charge in [-0.25, -0.2) is 4.99 Å². The van der Waals surface area contributed by atoms with Gasteiger partial charge in [0.25, 0.3) is 5.56 Å². The van der Waals surface area contributed by atoms with E-state index in [-0.39, 0.29) is 11.6 Å². The van der Waals surface area contributed by atoms with Gasteiger partial charge < -0.3 is 14.2 Å². The summed E-state index contributed by atoms with van der Waals surface area (Å²) in [5.74, 6) is 1.98. The van der Waals surface area contributed by atoms with Gasteiger partial charge >= 0.3 is 0 Å². The summed E-state index contributed by atoms with van der Waals surface area (Å²) < 4.78 is 19.2. The maximum Gasteiger partial charge on any atom is 0.271 e. The molecule has 6 nitrogen and oxygen atoms in total. The van der Waals surface area contributed by atoms with Gasteiger partial charge in [0, 0.05) is 5.56 Å². The third kappa shape index (κ3) is 4.49. The Labute approximate surface area is 230 Å². The highest BCUT2D eigenvalue weighted by Gasteiger charge is 2.32. The van der Waals surface area contributed by atoms with Crippen LogP contribution in [0, 0.1) is 0 Å². The largest absolute Gasteiger partial charge is 0.497 e. The molecular weight excluding hydrogens is 508 g/mol. The fraction of sp³-hybridized carbons (Fsp3) is 0.188. The minimum atomic E-state index is -0.258. The molecule has 1 aliphatic heterocycles. The fourth-order valence-corrected chi connectivity index (χ4v) is 6.33. The Balaban J connectivity index is 1.54. The normalized spacial score (nSPS) is 16.1. The quantitative estimate of drug-likeness (QED) is 0.315. The van der Waals surface area contributed by atoms with E-state index >= 15 is 0 Å². The molecule has 0 N–H and O–H groups in total. The van der Waals surface area contributed by atoms with E-state index in [0.29, 0.717) is 27.4 Å². The van der Waals surface area contributed by atoms with Gasteiger partial charge in [-0.15, -0.1) is 0 Å². The van der Waals surface area contributed by atoms with Crippen molar-refractivity contribution < 1.29 is 14.2 Å². The number of hydrogen-bond donors (Lipinski definition) is 0. The van der Waals surface area contributed by atoms with Crippen molar-refractivity contribution in [2.24, 2.45) is 4.99 Å². The van der Waals surface area contributed by atoms with Crippen molar-refractivity contribution >= 4 is 23.1 Å². The highest BCUT2D eigenvalue weighted by Crippen LogP contribution is 2.41. The van der Waals surface area contributed by atoms with E-state index < -0.39 is 0 Å². The molecule has 0 bridgehead atoms. The summed E-state index contributed by atoms with van der Waals surface area (Å²) in [6.45, 7) is 4.08. The number of rotatable bonds is 7. The van der Waals surface area contributed by atoms with Crippen LogP contribution in [0.25, 0.3) is 11.8 Å². The second-order valence-electron chi connectivity index (χ2n) is 9.40. The standard InChI is InChI=1S/C32H28N2O4S/c1-4-16-38-26-15-12-20(17-27(26)37-3)18-28-31(35)34-30(22-9-7-10-23(19-22)36-2)25-14-13-21-8-5-6-11-24(21)29(25)33-32(34)39-28/h4-12,15,17-19,30H,1,13-14,16H2,2-3H3/b28-18-. The predicted molar refractivity (Wildman–Crippen MR) is 154 cm³/mol. The SMILES string of the molecule is C=CCOc1ccc(/C=c2\sc3n(c2=O)C(c2cccc(OC)c2)C2=C(N=3)c3ccccc3CC2)cc1OC. The number of aromatic nitrogens is 1. The minimum Gasteiger partial charge on any atom is -0.497 e. The van der Waals surface area contributed by atoms with Gasteiger partial charge in [0.05, 0.1) is 30.5 Å². The molecule has 1 atom stereocenters. The Morgan fingerprint density at radius 3 is 2.72 bits per heavy atom. The lowest BCUT2D eigenvalue weighted by atomic mass is 9.83. The smallest absolute Gasteiger partial charge is 0.271 e. The summed E-state index contributed by atoms with van der Waals surface area (Å²) in [7, 11) is 3.26. The highest BCUT2D eigenvalue weighted by molar-refractivity contribution is 7.07. The summed E-state index contributed by atoms with van der Waals surface area (Å²) in [4.78, 5) is 19.8. The number of ether oxygens (including phenoxy) is 3. The van der Waals surface area contributed by atoms with E-state index in [9.17, 15) is 4.79 Å². The zero-order chi connectivity index (χ0) is 26.9. The molecule has 0 spiro atoms. The van der Waals surface area contributed by atoms with Crippen LogP contribution in [0.1, 0.15) is 34.7 Å². The van der Waals surface area contributed by atoms with Crippen LogP contribution in [0.5, 0.6) is 17.2 Å². The molecule has 1 aliphatic carbocycles. The zero-order valence-corrected chi connectivity index (χ0v) is 22.7. The number of hydrogen-bond acceptors (Lipinski definition) is 6. The molecule has 0 amide bonds. The van der Waals surface area contributed by atoms with Gasteiger partial charge in [-0.05, 0) is 65.4 Å². The van der Waals surface area contributed by atoms with Crippen molar-refractivity contribution in [3.63, 3.8) is 0 Å². The Morgan fingerprint density at radius 2 is 1.90 bits per heavy atom. The number of benzene rings is 3. The maximum atomic E-state index is 14.0. The van der Waals surface area contributed by atoms with Crippen LogP contribution in [-0.4, -0.2) is 25.4 Å². The van der Waals surface area contributed by atoms with E-state index in [1.165, 1.54) is 16.9 Å². The molecule has 1 aromatic heterocycles. The molecule has 4 aromatic rings. The van der Waals surface area contributed by atoms with Crippen molar-refractivity contribution in [1.82, 2.24) is 4.57 Å². The van der Waals surface area contributed by atoms with Crippen LogP contribution in [0.15, 0.2) is 94.7 Å². The van der Waals surface area contributed by atoms with Crippen LogP contribution in [0.3, 0.4) is 0 Å². The summed E-state index contributed by atoms with van der Waals surface area (Å²) >= 11 is 1.40. The highest BCUT2D eigenvalue weighted by atomic mass is 32.1. The van der Waals surface area contributed by atoms with E-state index in [4.69, 9.17) is 19.2 Å². The van der Waals surface area contributed by atoms with E-state index in [1.54, 1.807) is 20.3 Å². The van der Waals surface area contributed by atoms with E-state index in [0.717, 1.165) is 46.6 Å². The van der Waals surface area contributed by atoms with Crippen LogP contribution in [0.4, 0.5) is 0 Å². The molecular formula is C32H28N2O4S. The molecule has 2 aliphatic rings. The molecule has 0 radical (unpaired) electrons. The van der Waals surface area contributed by atoms with Crippen molar-refractivity contribution in [2.45, 2.75) is 18.9 Å². The summed E-state index contributed by atoms with van der Waals surface area (Å²) in [5, 5.41) is 0. The van der Waals surface area contributed by atoms with Crippen molar-refractivity contribution in [3.8, 4) is 17.2 Å². The average molecular weight is 537 g/mol. The van der Waals surface area contributed by atoms with Crippen LogP contribution in [-0.2, 0) is 6.42 Å². The first-order chi connectivity index (χ1) is 19.1. The first-order valence-corrected chi connectivity index (χ1v) is 13.6. The molecule has 3 aromatic carbocycles. The van der Waals surface area contributed by atoms with E-state index in [2.05, 4.69) is 36.9 Å². The molecule has 196 valence electrons. The lowest BCUT2D eigenvalue weighted by Crippen LogP contribution is -2.38. The van der Waals surface area contributed by atoms with E-state index in [1.807, 2.05) is 47.0 Å². The Kier molecular flexibility index (Phi) is 6.67. The topological polar surface area (TPSA) is 62.0 Å². The Morgan fingerprint density at radius 1 is 1.03 bits per heavy atom. The number of methoxy groups -OCH3 is 2. The molecule has 7 heteroatoms. The van der Waals surface area contributed by atoms with Crippen molar-refractivity contribution in [1.29, 1.82) is 0 Å². The van der Waals surface area contributed by atoms with Gasteiger partial charge in [-0.2, -0.15) is 0 Å². The molecule has 6 rings (SSSR count). The third-order valence-electron chi connectivity index (χ3n) is 7.12. The molecule has 1 unspecified atom stereocenters. The lowest BCUT2D eigenvalue weighted by molar-refractivity contribution is 0.326. The molecule has 0 saturated carbocycles. The second kappa shape index (κ2) is 10.4. The lowest BCUT2D eigenvalue weighted by Gasteiger charge is -2.31. The van der Waals surface area contributed by atoms with Crippen LogP contribution in [0.2, 0.25) is 0 Å². The number of allylic oxidation sites excluding steroid dienone is 1. The molecule has 39 heavy (non-hydrogen) atoms. The first kappa shape index (κ1) is 24.9. The summed E-state index contributed by atoms with van der Waals surface area (Å²) in [5.41, 5.74) is 6.35. The van der Waals surface area contributed by atoms with Crippen molar-refractivity contribution in [3.05, 3.63) is 127 Å². The monoisotopic (exact) mass is 536 g/mol. The second-order valence-corrected chi connectivity index (χ2v) is 10.4. The third-order valence-corrected chi connectivity index (χ3v) is 8.11. The molecule has 0 saturated heterocycles. The van der Waals surface area contributed by atoms with Crippen molar-refractivity contribution in [2.75, 3.05) is 20.8 Å². The van der Waals surface area contributed by atoms with Gasteiger partial charge in [-0.1, -0.05) is 66.5 Å². The van der Waals surface area contributed by atoms with Gasteiger partial charge in [0.1, 0.15) is 12.4 Å². The average Bonchev–Trinajstić information content (AvgIpc) is 3.29. The number of aryl methyl sites for hydroxylation is 1. The van der Waals surface area contributed by atoms with Gasteiger partial charge in [0.2, 0.25) is 0 Å². The number of fused-ring (bicyclic) bond motifs is 3. The fourth-order valence-electron chi connectivity index (χ4n) is 5.33. The Hall–Kier alpha value is -4.36. The van der Waals surface area contributed by atoms with Crippen LogP contribution < -0.4 is 29.1 Å². The first-order valence-electron chi connectivity index (χ1n) is 12.8. The van der Waals surface area contributed by atoms with Gasteiger partial charge in [0.15, 0.2) is 16.3 Å². The number of nitrogens with zero attached hydrogens (tertiary/aromatic N) is 2. The summed E-state index contributed by atoms with van der Waals surface area (Å²) in [6.07, 6.45) is 5.33. The zero-order valence-electron chi connectivity index (χ0n) is 21.8. The molecule has 0 fully saturated rings. The Bertz CT molecular complexity index is 1800.